The fourth-order valence-corrected chi connectivity index (χ4v) is 4.25. The summed E-state index contributed by atoms with van der Waals surface area (Å²) in [6, 6.07) is 12.6. The third-order valence-electron chi connectivity index (χ3n) is 5.07. The minimum Gasteiger partial charge on any atom is -0.507 e. The molecule has 1 atom stereocenters. The van der Waals surface area contributed by atoms with Crippen molar-refractivity contribution in [1.82, 2.24) is 0 Å². The summed E-state index contributed by atoms with van der Waals surface area (Å²) in [5, 5.41) is 20.2. The van der Waals surface area contributed by atoms with E-state index in [0.29, 0.717) is 12.0 Å². The summed E-state index contributed by atoms with van der Waals surface area (Å²) in [5.41, 5.74) is 0.312. The molecule has 8 nitrogen and oxygen atoms in total. The van der Waals surface area contributed by atoms with Crippen molar-refractivity contribution in [3.8, 4) is 22.6 Å². The molecule has 0 bridgehead atoms. The summed E-state index contributed by atoms with van der Waals surface area (Å²) in [6.45, 7) is 1.88. The summed E-state index contributed by atoms with van der Waals surface area (Å²) in [6.07, 6.45) is 0.360. The molecule has 0 fully saturated rings. The van der Waals surface area contributed by atoms with Crippen LogP contribution in [0.2, 0.25) is 0 Å². The Kier molecular flexibility index (Phi) is 7.75. The van der Waals surface area contributed by atoms with Gasteiger partial charge in [0.1, 0.15) is 29.5 Å². The van der Waals surface area contributed by atoms with Crippen molar-refractivity contribution in [1.29, 1.82) is 0 Å². The molecule has 0 aliphatic carbocycles. The number of methoxy groups -OCH3 is 1. The fourth-order valence-electron chi connectivity index (χ4n) is 3.15. The highest BCUT2D eigenvalue weighted by Crippen LogP contribution is 2.32. The first-order valence-corrected chi connectivity index (χ1v) is 11.8. The minimum absolute atomic E-state index is 0.0105. The Morgan fingerprint density at radius 3 is 2.50 bits per heavy atom. The molecule has 3 rings (SSSR count). The normalized spacial score (nSPS) is 12.2. The zero-order valence-electron chi connectivity index (χ0n) is 18.5. The van der Waals surface area contributed by atoms with Gasteiger partial charge in [-0.1, -0.05) is 19.1 Å². The Hall–Kier alpha value is -3.63. The highest BCUT2D eigenvalue weighted by Gasteiger charge is 2.19. The number of ether oxygens (including phenoxy) is 2. The van der Waals surface area contributed by atoms with E-state index in [0.717, 1.165) is 18.2 Å². The van der Waals surface area contributed by atoms with Crippen LogP contribution in [-0.2, 0) is 19.5 Å². The summed E-state index contributed by atoms with van der Waals surface area (Å²) >= 11 is 0. The molecule has 0 radical (unpaired) electrons. The first-order valence-electron chi connectivity index (χ1n) is 10.3. The molecule has 34 heavy (non-hydrogen) atoms. The van der Waals surface area contributed by atoms with Crippen molar-refractivity contribution in [2.75, 3.05) is 18.4 Å². The number of carbonyl (C=O) groups excluding carboxylic acids is 1. The van der Waals surface area contributed by atoms with E-state index in [9.17, 15) is 27.8 Å². The minimum atomic E-state index is -4.11. The van der Waals surface area contributed by atoms with E-state index in [4.69, 9.17) is 9.47 Å². The number of anilines is 1. The third kappa shape index (κ3) is 5.83. The van der Waals surface area contributed by atoms with Crippen LogP contribution in [0.4, 0.5) is 10.1 Å². The van der Waals surface area contributed by atoms with Crippen LogP contribution in [0.3, 0.4) is 0 Å². The number of phenols is 2. The van der Waals surface area contributed by atoms with Gasteiger partial charge in [-0.25, -0.2) is 17.6 Å². The molecule has 0 spiro atoms. The maximum atomic E-state index is 13.6. The number of benzene rings is 3. The van der Waals surface area contributed by atoms with Crippen LogP contribution in [-0.4, -0.2) is 44.4 Å². The highest BCUT2D eigenvalue weighted by molar-refractivity contribution is 7.92. The molecule has 1 unspecified atom stereocenters. The Morgan fingerprint density at radius 1 is 1.06 bits per heavy atom. The lowest BCUT2D eigenvalue weighted by Gasteiger charge is -2.14. The molecular weight excluding hydrogens is 465 g/mol. The Labute approximate surface area is 196 Å². The van der Waals surface area contributed by atoms with E-state index in [-0.39, 0.29) is 40.2 Å². The standard InChI is InChI=1S/C24H24FNO7S/c1-3-18(32-2)14-33-24(29)20-9-8-17(13-23(20)28)26-34(30,31)19-6-4-5-15(11-19)21-12-16(25)7-10-22(21)27/h4-13,18,26-28H,3,14H2,1-2H3. The highest BCUT2D eigenvalue weighted by atomic mass is 32.2. The van der Waals surface area contributed by atoms with E-state index in [2.05, 4.69) is 4.72 Å². The van der Waals surface area contributed by atoms with Crippen LogP contribution >= 0.6 is 0 Å². The molecule has 0 aliphatic rings. The Bertz CT molecular complexity index is 1290. The second kappa shape index (κ2) is 10.5. The maximum absolute atomic E-state index is 13.6. The Morgan fingerprint density at radius 2 is 1.82 bits per heavy atom. The molecule has 0 amide bonds. The zero-order valence-corrected chi connectivity index (χ0v) is 19.3. The largest absolute Gasteiger partial charge is 0.507 e. The molecule has 10 heteroatoms. The summed E-state index contributed by atoms with van der Waals surface area (Å²) in [5.74, 6) is -2.02. The van der Waals surface area contributed by atoms with Gasteiger partial charge < -0.3 is 19.7 Å². The van der Waals surface area contributed by atoms with Crippen LogP contribution in [0.5, 0.6) is 11.5 Å². The van der Waals surface area contributed by atoms with Crippen LogP contribution in [0.25, 0.3) is 11.1 Å². The maximum Gasteiger partial charge on any atom is 0.342 e. The first kappa shape index (κ1) is 25.0. The third-order valence-corrected chi connectivity index (χ3v) is 6.45. The molecule has 0 aliphatic heterocycles. The molecule has 0 saturated carbocycles. The molecule has 3 aromatic rings. The topological polar surface area (TPSA) is 122 Å². The number of sulfonamides is 1. The van der Waals surface area contributed by atoms with Crippen molar-refractivity contribution in [2.24, 2.45) is 0 Å². The van der Waals surface area contributed by atoms with Gasteiger partial charge in [0, 0.05) is 18.7 Å². The molecular formula is C24H24FNO7S. The average Bonchev–Trinajstić information content (AvgIpc) is 2.81. The molecule has 3 aromatic carbocycles. The summed E-state index contributed by atoms with van der Waals surface area (Å²) in [4.78, 5) is 12.1. The molecule has 0 heterocycles. The van der Waals surface area contributed by atoms with Gasteiger partial charge in [-0.3, -0.25) is 4.72 Å². The van der Waals surface area contributed by atoms with Gasteiger partial charge in [0.2, 0.25) is 0 Å². The number of carbonyl (C=O) groups is 1. The van der Waals surface area contributed by atoms with Crippen molar-refractivity contribution < 1.29 is 37.3 Å². The molecule has 0 aromatic heterocycles. The fraction of sp³-hybridized carbons (Fsp3) is 0.208. The van der Waals surface area contributed by atoms with Crippen molar-refractivity contribution in [2.45, 2.75) is 24.3 Å². The van der Waals surface area contributed by atoms with Crippen molar-refractivity contribution >= 4 is 21.7 Å². The number of hydrogen-bond donors (Lipinski definition) is 3. The SMILES string of the molecule is CCC(COC(=O)c1ccc(NS(=O)(=O)c2cccc(-c3cc(F)ccc3O)c2)cc1O)OC. The lowest BCUT2D eigenvalue weighted by atomic mass is 10.0. The average molecular weight is 490 g/mol. The van der Waals surface area contributed by atoms with Gasteiger partial charge in [-0.05, 0) is 54.4 Å². The van der Waals surface area contributed by atoms with Gasteiger partial charge in [0.05, 0.1) is 16.7 Å². The van der Waals surface area contributed by atoms with E-state index in [1.165, 1.54) is 49.6 Å². The number of aromatic hydroxyl groups is 2. The van der Waals surface area contributed by atoms with E-state index < -0.39 is 27.6 Å². The van der Waals surface area contributed by atoms with Crippen LogP contribution in [0, 0.1) is 5.82 Å². The van der Waals surface area contributed by atoms with Crippen molar-refractivity contribution in [3.05, 3.63) is 72.0 Å². The molecule has 0 saturated heterocycles. The van der Waals surface area contributed by atoms with Crippen LogP contribution < -0.4 is 4.72 Å². The van der Waals surface area contributed by atoms with Crippen LogP contribution in [0.15, 0.2) is 65.6 Å². The molecule has 180 valence electrons. The van der Waals surface area contributed by atoms with E-state index in [1.54, 1.807) is 0 Å². The first-order chi connectivity index (χ1) is 16.1. The van der Waals surface area contributed by atoms with Gasteiger partial charge in [-0.15, -0.1) is 0 Å². The molecule has 3 N–H and O–H groups in total. The predicted molar refractivity (Wildman–Crippen MR) is 124 cm³/mol. The Balaban J connectivity index is 1.80. The number of halogens is 1. The predicted octanol–water partition coefficient (Wildman–Crippen LogP) is 4.29. The number of rotatable bonds is 9. The number of phenolic OH excluding ortho intramolecular Hbond substituents is 2. The second-order valence-electron chi connectivity index (χ2n) is 7.39. The van der Waals surface area contributed by atoms with Gasteiger partial charge in [0.15, 0.2) is 0 Å². The van der Waals surface area contributed by atoms with Gasteiger partial charge in [0.25, 0.3) is 10.0 Å². The number of hydrogen-bond acceptors (Lipinski definition) is 7. The quantitative estimate of drug-likeness (QED) is 0.383. The van der Waals surface area contributed by atoms with Crippen LogP contribution in [0.1, 0.15) is 23.7 Å². The van der Waals surface area contributed by atoms with Gasteiger partial charge in [-0.2, -0.15) is 0 Å². The zero-order chi connectivity index (χ0) is 24.9. The van der Waals surface area contributed by atoms with Gasteiger partial charge >= 0.3 is 5.97 Å². The van der Waals surface area contributed by atoms with E-state index in [1.807, 2.05) is 6.92 Å². The summed E-state index contributed by atoms with van der Waals surface area (Å²) in [7, 11) is -2.62. The smallest absolute Gasteiger partial charge is 0.342 e. The monoisotopic (exact) mass is 489 g/mol. The van der Waals surface area contributed by atoms with Crippen molar-refractivity contribution in [3.63, 3.8) is 0 Å². The van der Waals surface area contributed by atoms with E-state index >= 15 is 0 Å². The second-order valence-corrected chi connectivity index (χ2v) is 9.07. The summed E-state index contributed by atoms with van der Waals surface area (Å²) < 4.78 is 51.9. The number of nitrogens with one attached hydrogen (secondary N) is 1. The lowest BCUT2D eigenvalue weighted by Crippen LogP contribution is -2.20. The number of esters is 1. The lowest BCUT2D eigenvalue weighted by molar-refractivity contribution is 0.00952.